The van der Waals surface area contributed by atoms with Gasteiger partial charge in [-0.2, -0.15) is 11.8 Å². The molecule has 1 saturated heterocycles. The van der Waals surface area contributed by atoms with Gasteiger partial charge >= 0.3 is 0 Å². The van der Waals surface area contributed by atoms with Gasteiger partial charge in [0.1, 0.15) is 0 Å². The minimum absolute atomic E-state index is 0.876. The van der Waals surface area contributed by atoms with E-state index < -0.39 is 0 Å². The number of rotatable bonds is 0. The number of hydrogen-bond donors (Lipinski definition) is 0. The first-order valence-corrected chi connectivity index (χ1v) is 4.19. The van der Waals surface area contributed by atoms with Crippen molar-refractivity contribution in [3.8, 4) is 0 Å². The fourth-order valence-corrected chi connectivity index (χ4v) is 2.06. The lowest BCUT2D eigenvalue weighted by molar-refractivity contribution is 0.645. The Morgan fingerprint density at radius 1 is 1.75 bits per heavy atom. The predicted molar refractivity (Wildman–Crippen MR) is 40.2 cm³/mol. The molecule has 1 heteroatoms. The van der Waals surface area contributed by atoms with Crippen molar-refractivity contribution in [2.45, 2.75) is 13.3 Å². The van der Waals surface area contributed by atoms with E-state index in [0.29, 0.717) is 0 Å². The fraction of sp³-hybridized carbons (Fsp3) is 0.714. The van der Waals surface area contributed by atoms with E-state index in [4.69, 9.17) is 0 Å². The Morgan fingerprint density at radius 2 is 2.50 bits per heavy atom. The Hall–Kier alpha value is 0.0900. The maximum absolute atomic E-state index is 3.94. The molecule has 0 amide bonds. The Morgan fingerprint density at radius 3 is 2.88 bits per heavy atom. The lowest BCUT2D eigenvalue weighted by Crippen LogP contribution is -2.07. The van der Waals surface area contributed by atoms with Gasteiger partial charge in [-0.25, -0.2) is 0 Å². The molecular formula is C7H12S. The first-order valence-electron chi connectivity index (χ1n) is 3.03. The zero-order valence-electron chi connectivity index (χ0n) is 5.31. The van der Waals surface area contributed by atoms with Crippen LogP contribution in [0.5, 0.6) is 0 Å². The summed E-state index contributed by atoms with van der Waals surface area (Å²) in [5.74, 6) is 3.41. The smallest absolute Gasteiger partial charge is 0.0140 e. The quantitative estimate of drug-likeness (QED) is 0.451. The zero-order valence-corrected chi connectivity index (χ0v) is 6.13. The van der Waals surface area contributed by atoms with Gasteiger partial charge in [0, 0.05) is 5.75 Å². The molecule has 0 N–H and O–H groups in total. The van der Waals surface area contributed by atoms with Crippen LogP contribution >= 0.6 is 11.8 Å². The van der Waals surface area contributed by atoms with E-state index in [1.165, 1.54) is 23.5 Å². The Balaban J connectivity index is 2.34. The summed E-state index contributed by atoms with van der Waals surface area (Å²) in [6.45, 7) is 6.23. The van der Waals surface area contributed by atoms with Crippen LogP contribution in [0.4, 0.5) is 0 Å². The normalized spacial score (nSPS) is 30.6. The highest BCUT2D eigenvalue weighted by atomic mass is 32.2. The minimum Gasteiger partial charge on any atom is -0.157 e. The van der Waals surface area contributed by atoms with E-state index in [1.807, 2.05) is 11.8 Å². The Labute approximate surface area is 55.4 Å². The minimum atomic E-state index is 0.876. The SMILES string of the molecule is C=C1CSCC(C)C1. The van der Waals surface area contributed by atoms with Gasteiger partial charge in [-0.05, 0) is 18.1 Å². The van der Waals surface area contributed by atoms with Gasteiger partial charge in [-0.1, -0.05) is 19.1 Å². The summed E-state index contributed by atoms with van der Waals surface area (Å²) < 4.78 is 0. The van der Waals surface area contributed by atoms with E-state index in [-0.39, 0.29) is 0 Å². The van der Waals surface area contributed by atoms with Crippen molar-refractivity contribution in [3.05, 3.63) is 12.2 Å². The molecule has 0 radical (unpaired) electrons. The van der Waals surface area contributed by atoms with Crippen LogP contribution in [0.3, 0.4) is 0 Å². The van der Waals surface area contributed by atoms with Gasteiger partial charge in [0.15, 0.2) is 0 Å². The summed E-state index contributed by atoms with van der Waals surface area (Å²) in [7, 11) is 0. The molecule has 0 aromatic rings. The molecule has 1 aliphatic heterocycles. The summed E-state index contributed by atoms with van der Waals surface area (Å²) in [4.78, 5) is 0. The van der Waals surface area contributed by atoms with Crippen molar-refractivity contribution in [3.63, 3.8) is 0 Å². The topological polar surface area (TPSA) is 0 Å². The van der Waals surface area contributed by atoms with Crippen molar-refractivity contribution >= 4 is 11.8 Å². The molecule has 1 atom stereocenters. The summed E-state index contributed by atoms with van der Waals surface area (Å²) in [6, 6.07) is 0. The number of hydrogen-bond acceptors (Lipinski definition) is 1. The van der Waals surface area contributed by atoms with Crippen molar-refractivity contribution in [1.82, 2.24) is 0 Å². The zero-order chi connectivity index (χ0) is 5.98. The largest absolute Gasteiger partial charge is 0.157 e. The third-order valence-electron chi connectivity index (χ3n) is 1.35. The molecule has 0 nitrogen and oxygen atoms in total. The summed E-state index contributed by atoms with van der Waals surface area (Å²) >= 11 is 2.01. The van der Waals surface area contributed by atoms with E-state index in [2.05, 4.69) is 13.5 Å². The second kappa shape index (κ2) is 2.58. The molecule has 0 aromatic heterocycles. The lowest BCUT2D eigenvalue weighted by Gasteiger charge is -2.18. The van der Waals surface area contributed by atoms with Gasteiger partial charge in [-0.15, -0.1) is 0 Å². The third kappa shape index (κ3) is 1.55. The van der Waals surface area contributed by atoms with Gasteiger partial charge in [0.2, 0.25) is 0 Å². The Kier molecular flexibility index (Phi) is 2.01. The monoisotopic (exact) mass is 128 g/mol. The van der Waals surface area contributed by atoms with Gasteiger partial charge in [0.25, 0.3) is 0 Å². The van der Waals surface area contributed by atoms with E-state index in [1.54, 1.807) is 0 Å². The summed E-state index contributed by atoms with van der Waals surface area (Å²) in [5.41, 5.74) is 1.42. The highest BCUT2D eigenvalue weighted by Crippen LogP contribution is 2.24. The molecule has 0 aromatic carbocycles. The first kappa shape index (κ1) is 6.21. The van der Waals surface area contributed by atoms with Crippen LogP contribution in [-0.2, 0) is 0 Å². The molecule has 1 aliphatic rings. The van der Waals surface area contributed by atoms with Crippen molar-refractivity contribution in [1.29, 1.82) is 0 Å². The van der Waals surface area contributed by atoms with E-state index in [0.717, 1.165) is 5.92 Å². The molecule has 0 saturated carbocycles. The van der Waals surface area contributed by atoms with Crippen molar-refractivity contribution in [2.75, 3.05) is 11.5 Å². The van der Waals surface area contributed by atoms with E-state index >= 15 is 0 Å². The molecule has 1 heterocycles. The number of thioether (sulfide) groups is 1. The van der Waals surface area contributed by atoms with Gasteiger partial charge in [-0.3, -0.25) is 0 Å². The van der Waals surface area contributed by atoms with Crippen LogP contribution in [0.25, 0.3) is 0 Å². The molecular weight excluding hydrogens is 116 g/mol. The maximum Gasteiger partial charge on any atom is 0.0140 e. The molecule has 1 rings (SSSR count). The first-order chi connectivity index (χ1) is 3.79. The van der Waals surface area contributed by atoms with Gasteiger partial charge in [0.05, 0.1) is 0 Å². The van der Waals surface area contributed by atoms with E-state index in [9.17, 15) is 0 Å². The molecule has 1 unspecified atom stereocenters. The molecule has 0 spiro atoms. The van der Waals surface area contributed by atoms with Crippen LogP contribution < -0.4 is 0 Å². The maximum atomic E-state index is 3.94. The third-order valence-corrected chi connectivity index (χ3v) is 2.76. The molecule has 1 fully saturated rings. The molecule has 0 aliphatic carbocycles. The lowest BCUT2D eigenvalue weighted by atomic mass is 10.1. The average Bonchev–Trinajstić information content (AvgIpc) is 1.64. The van der Waals surface area contributed by atoms with Crippen LogP contribution in [0, 0.1) is 5.92 Å². The molecule has 46 valence electrons. The second-order valence-electron chi connectivity index (χ2n) is 2.57. The molecule has 8 heavy (non-hydrogen) atoms. The predicted octanol–water partition coefficient (Wildman–Crippen LogP) is 2.32. The highest BCUT2D eigenvalue weighted by Gasteiger charge is 2.09. The van der Waals surface area contributed by atoms with Crippen LogP contribution in [0.2, 0.25) is 0 Å². The van der Waals surface area contributed by atoms with Crippen LogP contribution in [0.15, 0.2) is 12.2 Å². The highest BCUT2D eigenvalue weighted by molar-refractivity contribution is 7.99. The molecule has 0 bridgehead atoms. The van der Waals surface area contributed by atoms with Crippen molar-refractivity contribution in [2.24, 2.45) is 5.92 Å². The summed E-state index contributed by atoms with van der Waals surface area (Å²) in [5, 5.41) is 0. The van der Waals surface area contributed by atoms with Crippen LogP contribution in [-0.4, -0.2) is 11.5 Å². The van der Waals surface area contributed by atoms with Crippen molar-refractivity contribution < 1.29 is 0 Å². The standard InChI is InChI=1S/C7H12S/c1-6-3-7(2)5-8-4-6/h7H,1,3-5H2,2H3. The average molecular weight is 128 g/mol. The Bertz CT molecular complexity index is 96.6. The van der Waals surface area contributed by atoms with Gasteiger partial charge < -0.3 is 0 Å². The fourth-order valence-electron chi connectivity index (χ4n) is 1.02. The summed E-state index contributed by atoms with van der Waals surface area (Å²) in [6.07, 6.45) is 1.26. The van der Waals surface area contributed by atoms with Crippen LogP contribution in [0.1, 0.15) is 13.3 Å². The second-order valence-corrected chi connectivity index (χ2v) is 3.60.